The van der Waals surface area contributed by atoms with Crippen molar-refractivity contribution in [2.75, 3.05) is 12.8 Å². The number of carbonyl (C=O) groups is 1. The van der Waals surface area contributed by atoms with Crippen LogP contribution < -0.4 is 5.73 Å². The highest BCUT2D eigenvalue weighted by Gasteiger charge is 2.19. The molecule has 2 aromatic rings. The van der Waals surface area contributed by atoms with Crippen LogP contribution in [0.4, 0.5) is 5.82 Å². The molecule has 2 N–H and O–H groups in total. The number of benzene rings is 1. The number of aryl methyl sites for hydroxylation is 1. The summed E-state index contributed by atoms with van der Waals surface area (Å²) >= 11 is 0. The van der Waals surface area contributed by atoms with Crippen LogP contribution >= 0.6 is 0 Å². The van der Waals surface area contributed by atoms with Gasteiger partial charge >= 0.3 is 5.97 Å². The largest absolute Gasteiger partial charge is 0.464 e. The molecule has 1 aromatic heterocycles. The predicted molar refractivity (Wildman–Crippen MR) is 82.2 cm³/mol. The van der Waals surface area contributed by atoms with Crippen molar-refractivity contribution in [3.8, 4) is 0 Å². The van der Waals surface area contributed by atoms with Gasteiger partial charge < -0.3 is 15.0 Å². The van der Waals surface area contributed by atoms with Gasteiger partial charge in [0, 0.05) is 6.54 Å². The van der Waals surface area contributed by atoms with Crippen LogP contribution in [0.2, 0.25) is 0 Å². The first-order valence-electron chi connectivity index (χ1n) is 7.00. The zero-order valence-corrected chi connectivity index (χ0v) is 12.7. The van der Waals surface area contributed by atoms with E-state index in [-0.39, 0.29) is 5.69 Å². The Balaban J connectivity index is 2.10. The standard InChI is InChI=1S/C16H21N3O2/c1-11(13-7-5-4-6-8-13)9-10-19-12(2)18-14(15(19)17)16(20)21-3/h4-8,11H,9-10,17H2,1-3H3. The van der Waals surface area contributed by atoms with Crippen molar-refractivity contribution in [2.45, 2.75) is 32.7 Å². The fourth-order valence-corrected chi connectivity index (χ4v) is 2.38. The van der Waals surface area contributed by atoms with E-state index in [9.17, 15) is 4.79 Å². The molecule has 0 saturated heterocycles. The molecule has 0 bridgehead atoms. The molecule has 2 rings (SSSR count). The average Bonchev–Trinajstić information content (AvgIpc) is 2.79. The third-order valence-corrected chi connectivity index (χ3v) is 3.73. The SMILES string of the molecule is COC(=O)c1nc(C)n(CCC(C)c2ccccc2)c1N. The van der Waals surface area contributed by atoms with Crippen LogP contribution in [0, 0.1) is 6.92 Å². The highest BCUT2D eigenvalue weighted by molar-refractivity contribution is 5.92. The lowest BCUT2D eigenvalue weighted by Crippen LogP contribution is -2.10. The van der Waals surface area contributed by atoms with E-state index >= 15 is 0 Å². The molecule has 112 valence electrons. The number of rotatable bonds is 5. The maximum absolute atomic E-state index is 11.6. The summed E-state index contributed by atoms with van der Waals surface area (Å²) in [6.07, 6.45) is 0.923. The zero-order chi connectivity index (χ0) is 15.4. The molecule has 0 amide bonds. The number of aromatic nitrogens is 2. The fraction of sp³-hybridized carbons (Fsp3) is 0.375. The van der Waals surface area contributed by atoms with Crippen LogP contribution in [0.5, 0.6) is 0 Å². The Morgan fingerprint density at radius 3 is 2.67 bits per heavy atom. The molecule has 0 aliphatic rings. The zero-order valence-electron chi connectivity index (χ0n) is 12.7. The van der Waals surface area contributed by atoms with Gasteiger partial charge in [0.25, 0.3) is 0 Å². The number of imidazole rings is 1. The van der Waals surface area contributed by atoms with Crippen LogP contribution in [0.1, 0.15) is 41.1 Å². The maximum Gasteiger partial charge on any atom is 0.360 e. The number of nitrogens with zero attached hydrogens (tertiary/aromatic N) is 2. The number of hydrogen-bond acceptors (Lipinski definition) is 4. The molecule has 1 unspecified atom stereocenters. The van der Waals surface area contributed by atoms with Crippen molar-refractivity contribution in [3.05, 3.63) is 47.4 Å². The van der Waals surface area contributed by atoms with E-state index < -0.39 is 5.97 Å². The molecule has 0 aliphatic carbocycles. The molecule has 1 heterocycles. The third kappa shape index (κ3) is 3.24. The molecule has 0 fully saturated rings. The molecule has 1 aromatic carbocycles. The van der Waals surface area contributed by atoms with Gasteiger partial charge in [0.15, 0.2) is 5.69 Å². The van der Waals surface area contributed by atoms with Gasteiger partial charge in [0.1, 0.15) is 11.6 Å². The van der Waals surface area contributed by atoms with E-state index in [4.69, 9.17) is 5.73 Å². The second kappa shape index (κ2) is 6.43. The second-order valence-corrected chi connectivity index (χ2v) is 5.14. The van der Waals surface area contributed by atoms with Gasteiger partial charge in [-0.2, -0.15) is 0 Å². The Bertz CT molecular complexity index is 620. The summed E-state index contributed by atoms with van der Waals surface area (Å²) in [6, 6.07) is 10.3. The van der Waals surface area contributed by atoms with Crippen molar-refractivity contribution in [2.24, 2.45) is 0 Å². The topological polar surface area (TPSA) is 70.1 Å². The van der Waals surface area contributed by atoms with Gasteiger partial charge in [0.05, 0.1) is 7.11 Å². The van der Waals surface area contributed by atoms with Gasteiger partial charge in [-0.1, -0.05) is 37.3 Å². The van der Waals surface area contributed by atoms with Crippen molar-refractivity contribution in [1.82, 2.24) is 9.55 Å². The summed E-state index contributed by atoms with van der Waals surface area (Å²) in [5.74, 6) is 1.02. The quantitative estimate of drug-likeness (QED) is 0.858. The Labute approximate surface area is 124 Å². The van der Waals surface area contributed by atoms with Crippen molar-refractivity contribution in [3.63, 3.8) is 0 Å². The van der Waals surface area contributed by atoms with Crippen LogP contribution in [0.25, 0.3) is 0 Å². The van der Waals surface area contributed by atoms with Crippen molar-refractivity contribution >= 4 is 11.8 Å². The average molecular weight is 287 g/mol. The molecule has 5 nitrogen and oxygen atoms in total. The summed E-state index contributed by atoms with van der Waals surface area (Å²) in [7, 11) is 1.33. The molecule has 0 radical (unpaired) electrons. The minimum absolute atomic E-state index is 0.197. The lowest BCUT2D eigenvalue weighted by molar-refractivity contribution is 0.0595. The van der Waals surface area contributed by atoms with Gasteiger partial charge in [-0.25, -0.2) is 9.78 Å². The summed E-state index contributed by atoms with van der Waals surface area (Å²) in [6.45, 7) is 4.74. The summed E-state index contributed by atoms with van der Waals surface area (Å²) in [4.78, 5) is 15.8. The number of methoxy groups -OCH3 is 1. The monoisotopic (exact) mass is 287 g/mol. The molecule has 0 aliphatic heterocycles. The Kier molecular flexibility index (Phi) is 4.62. The number of ether oxygens (including phenoxy) is 1. The first-order valence-corrected chi connectivity index (χ1v) is 7.00. The highest BCUT2D eigenvalue weighted by atomic mass is 16.5. The van der Waals surface area contributed by atoms with E-state index in [1.54, 1.807) is 0 Å². The number of hydrogen-bond donors (Lipinski definition) is 1. The van der Waals surface area contributed by atoms with Crippen LogP contribution in [-0.4, -0.2) is 22.6 Å². The van der Waals surface area contributed by atoms with Crippen molar-refractivity contribution in [1.29, 1.82) is 0 Å². The third-order valence-electron chi connectivity index (χ3n) is 3.73. The molecule has 0 spiro atoms. The second-order valence-electron chi connectivity index (χ2n) is 5.14. The first kappa shape index (κ1) is 15.1. The Morgan fingerprint density at radius 1 is 1.38 bits per heavy atom. The van der Waals surface area contributed by atoms with Crippen LogP contribution in [0.15, 0.2) is 30.3 Å². The Morgan fingerprint density at radius 2 is 2.05 bits per heavy atom. The number of nitrogens with two attached hydrogens (primary N) is 1. The van der Waals surface area contributed by atoms with Crippen LogP contribution in [0.3, 0.4) is 0 Å². The van der Waals surface area contributed by atoms with Gasteiger partial charge in [-0.3, -0.25) is 0 Å². The lowest BCUT2D eigenvalue weighted by atomic mass is 9.98. The van der Waals surface area contributed by atoms with E-state index in [0.717, 1.165) is 18.8 Å². The van der Waals surface area contributed by atoms with E-state index in [0.29, 0.717) is 11.7 Å². The predicted octanol–water partition coefficient (Wildman–Crippen LogP) is 2.75. The van der Waals surface area contributed by atoms with Crippen LogP contribution in [-0.2, 0) is 11.3 Å². The van der Waals surface area contributed by atoms with E-state index in [1.807, 2.05) is 29.7 Å². The minimum atomic E-state index is -0.495. The molecule has 21 heavy (non-hydrogen) atoms. The minimum Gasteiger partial charge on any atom is -0.464 e. The van der Waals surface area contributed by atoms with E-state index in [2.05, 4.69) is 28.8 Å². The van der Waals surface area contributed by atoms with Crippen molar-refractivity contribution < 1.29 is 9.53 Å². The van der Waals surface area contributed by atoms with Gasteiger partial charge in [0.2, 0.25) is 0 Å². The normalized spacial score (nSPS) is 12.1. The molecule has 5 heteroatoms. The number of esters is 1. The lowest BCUT2D eigenvalue weighted by Gasteiger charge is -2.14. The smallest absolute Gasteiger partial charge is 0.360 e. The summed E-state index contributed by atoms with van der Waals surface area (Å²) in [5, 5.41) is 0. The number of anilines is 1. The molecular formula is C16H21N3O2. The molecule has 0 saturated carbocycles. The van der Waals surface area contributed by atoms with E-state index in [1.165, 1.54) is 12.7 Å². The van der Waals surface area contributed by atoms with Gasteiger partial charge in [-0.05, 0) is 24.8 Å². The molecular weight excluding hydrogens is 266 g/mol. The number of nitrogen functional groups attached to an aromatic ring is 1. The maximum atomic E-state index is 11.6. The molecule has 1 atom stereocenters. The highest BCUT2D eigenvalue weighted by Crippen LogP contribution is 2.22. The first-order chi connectivity index (χ1) is 10.0. The summed E-state index contributed by atoms with van der Waals surface area (Å²) in [5.41, 5.74) is 7.50. The van der Waals surface area contributed by atoms with Gasteiger partial charge in [-0.15, -0.1) is 0 Å². The number of carbonyl (C=O) groups excluding carboxylic acids is 1. The summed E-state index contributed by atoms with van der Waals surface area (Å²) < 4.78 is 6.55. The fourth-order valence-electron chi connectivity index (χ4n) is 2.38. The Hall–Kier alpha value is -2.30.